The Kier molecular flexibility index (Phi) is 6.69. The Balaban J connectivity index is 1.49. The first-order chi connectivity index (χ1) is 15.3. The second kappa shape index (κ2) is 9.33. The molecular formula is C23H28N2O5S2. The smallest absolute Gasteiger partial charge is 0.253 e. The van der Waals surface area contributed by atoms with E-state index in [0.717, 1.165) is 24.8 Å². The number of nitrogens with zero attached hydrogens (tertiary/aromatic N) is 2. The van der Waals surface area contributed by atoms with E-state index in [1.54, 1.807) is 17.0 Å². The van der Waals surface area contributed by atoms with E-state index < -0.39 is 25.1 Å². The molecule has 0 spiro atoms. The number of benzene rings is 2. The highest BCUT2D eigenvalue weighted by atomic mass is 32.2. The maximum atomic E-state index is 13.0. The summed E-state index contributed by atoms with van der Waals surface area (Å²) >= 11 is 0. The summed E-state index contributed by atoms with van der Waals surface area (Å²) in [5.41, 5.74) is 1.10. The maximum Gasteiger partial charge on any atom is 0.253 e. The molecule has 0 bridgehead atoms. The van der Waals surface area contributed by atoms with Gasteiger partial charge in [-0.1, -0.05) is 36.8 Å². The molecule has 2 fully saturated rings. The molecule has 1 atom stereocenters. The van der Waals surface area contributed by atoms with Crippen molar-refractivity contribution in [2.75, 3.05) is 31.9 Å². The van der Waals surface area contributed by atoms with Gasteiger partial charge in [0.1, 0.15) is 0 Å². The van der Waals surface area contributed by atoms with Crippen molar-refractivity contribution in [3.8, 4) is 0 Å². The number of carbonyl (C=O) groups excluding carboxylic acids is 1. The van der Waals surface area contributed by atoms with Crippen molar-refractivity contribution in [2.24, 2.45) is 0 Å². The van der Waals surface area contributed by atoms with Crippen LogP contribution >= 0.6 is 0 Å². The Labute approximate surface area is 190 Å². The van der Waals surface area contributed by atoms with Gasteiger partial charge in [0.2, 0.25) is 10.0 Å². The van der Waals surface area contributed by atoms with Crippen LogP contribution in [0.3, 0.4) is 0 Å². The van der Waals surface area contributed by atoms with Gasteiger partial charge in [-0.15, -0.1) is 0 Å². The van der Waals surface area contributed by atoms with Crippen LogP contribution in [0.1, 0.15) is 46.9 Å². The fraction of sp³-hybridized carbons (Fsp3) is 0.435. The first-order valence-corrected chi connectivity index (χ1v) is 14.1. The van der Waals surface area contributed by atoms with Crippen molar-refractivity contribution in [1.29, 1.82) is 0 Å². The minimum Gasteiger partial charge on any atom is -0.338 e. The molecule has 7 nitrogen and oxygen atoms in total. The third-order valence-corrected chi connectivity index (χ3v) is 10.3. The summed E-state index contributed by atoms with van der Waals surface area (Å²) in [7, 11) is -6.94. The van der Waals surface area contributed by atoms with Crippen LogP contribution in [0.15, 0.2) is 59.5 Å². The summed E-state index contributed by atoms with van der Waals surface area (Å²) in [6.45, 7) is 1.49. The molecule has 4 rings (SSSR count). The minimum atomic E-state index is -3.56. The van der Waals surface area contributed by atoms with Crippen LogP contribution in [0.5, 0.6) is 0 Å². The molecule has 2 aromatic rings. The molecule has 0 saturated carbocycles. The molecule has 2 saturated heterocycles. The Bertz CT molecular complexity index is 1160. The molecule has 0 N–H and O–H groups in total. The van der Waals surface area contributed by atoms with E-state index in [2.05, 4.69) is 0 Å². The summed E-state index contributed by atoms with van der Waals surface area (Å²) < 4.78 is 52.7. The maximum absolute atomic E-state index is 13.0. The van der Waals surface area contributed by atoms with Gasteiger partial charge < -0.3 is 4.90 Å². The molecule has 1 amide bonds. The van der Waals surface area contributed by atoms with Gasteiger partial charge in [-0.3, -0.25) is 4.79 Å². The molecular weight excluding hydrogens is 448 g/mol. The van der Waals surface area contributed by atoms with E-state index in [1.165, 1.54) is 28.6 Å². The number of amides is 1. The molecule has 2 aliphatic rings. The molecule has 1 unspecified atom stereocenters. The van der Waals surface area contributed by atoms with Crippen molar-refractivity contribution >= 4 is 25.8 Å². The van der Waals surface area contributed by atoms with Gasteiger partial charge in [0.05, 0.1) is 15.9 Å². The fourth-order valence-electron chi connectivity index (χ4n) is 4.40. The minimum absolute atomic E-state index is 0.0975. The average Bonchev–Trinajstić information content (AvgIpc) is 2.97. The zero-order valence-corrected chi connectivity index (χ0v) is 19.5. The molecule has 2 heterocycles. The largest absolute Gasteiger partial charge is 0.338 e. The van der Waals surface area contributed by atoms with Crippen LogP contribution in [0.4, 0.5) is 0 Å². The van der Waals surface area contributed by atoms with E-state index >= 15 is 0 Å². The quantitative estimate of drug-likeness (QED) is 0.677. The first kappa shape index (κ1) is 22.9. The number of hydrogen-bond donors (Lipinski definition) is 0. The van der Waals surface area contributed by atoms with Gasteiger partial charge >= 0.3 is 0 Å². The van der Waals surface area contributed by atoms with Crippen LogP contribution in [-0.2, 0) is 19.9 Å². The molecule has 32 heavy (non-hydrogen) atoms. The van der Waals surface area contributed by atoms with E-state index in [-0.39, 0.29) is 23.1 Å². The SMILES string of the molecule is O=C(c1ccc(S(=O)(=O)N2CCCCC2)cc1)N1CCC(c2ccccc2)S(=O)(=O)CC1. The summed E-state index contributed by atoms with van der Waals surface area (Å²) in [6, 6.07) is 15.1. The zero-order valence-electron chi connectivity index (χ0n) is 17.9. The van der Waals surface area contributed by atoms with Gasteiger partial charge in [-0.25, -0.2) is 16.8 Å². The highest BCUT2D eigenvalue weighted by Gasteiger charge is 2.33. The Morgan fingerprint density at radius 3 is 2.16 bits per heavy atom. The van der Waals surface area contributed by atoms with Gasteiger partial charge in [0.15, 0.2) is 9.84 Å². The first-order valence-electron chi connectivity index (χ1n) is 10.9. The monoisotopic (exact) mass is 476 g/mol. The predicted molar refractivity (Wildman–Crippen MR) is 123 cm³/mol. The van der Waals surface area contributed by atoms with Crippen LogP contribution in [0, 0.1) is 0 Å². The van der Waals surface area contributed by atoms with E-state index in [0.29, 0.717) is 31.6 Å². The van der Waals surface area contributed by atoms with Crippen molar-refractivity contribution in [2.45, 2.75) is 35.8 Å². The summed E-state index contributed by atoms with van der Waals surface area (Å²) in [5.74, 6) is -0.379. The average molecular weight is 477 g/mol. The van der Waals surface area contributed by atoms with Crippen LogP contribution < -0.4 is 0 Å². The van der Waals surface area contributed by atoms with Crippen LogP contribution in [-0.4, -0.2) is 63.9 Å². The summed E-state index contributed by atoms with van der Waals surface area (Å²) in [6.07, 6.45) is 3.09. The van der Waals surface area contributed by atoms with Crippen molar-refractivity contribution in [3.05, 3.63) is 65.7 Å². The number of piperidine rings is 1. The van der Waals surface area contributed by atoms with Crippen molar-refractivity contribution < 1.29 is 21.6 Å². The van der Waals surface area contributed by atoms with Crippen LogP contribution in [0.25, 0.3) is 0 Å². The fourth-order valence-corrected chi connectivity index (χ4v) is 7.71. The molecule has 0 radical (unpaired) electrons. The second-order valence-electron chi connectivity index (χ2n) is 8.34. The lowest BCUT2D eigenvalue weighted by atomic mass is 10.1. The number of sulfonamides is 1. The second-order valence-corrected chi connectivity index (χ2v) is 12.6. The third kappa shape index (κ3) is 4.74. The third-order valence-electron chi connectivity index (χ3n) is 6.25. The summed E-state index contributed by atoms with van der Waals surface area (Å²) in [4.78, 5) is 14.8. The summed E-state index contributed by atoms with van der Waals surface area (Å²) in [5, 5.41) is -0.626. The molecule has 2 aliphatic heterocycles. The Hall–Kier alpha value is -2.23. The van der Waals surface area contributed by atoms with E-state index in [9.17, 15) is 21.6 Å². The topological polar surface area (TPSA) is 91.8 Å². The van der Waals surface area contributed by atoms with Crippen LogP contribution in [0.2, 0.25) is 0 Å². The molecule has 172 valence electrons. The van der Waals surface area contributed by atoms with Crippen molar-refractivity contribution in [1.82, 2.24) is 9.21 Å². The van der Waals surface area contributed by atoms with E-state index in [1.807, 2.05) is 18.2 Å². The lowest BCUT2D eigenvalue weighted by Gasteiger charge is -2.26. The number of hydrogen-bond acceptors (Lipinski definition) is 5. The van der Waals surface area contributed by atoms with Gasteiger partial charge in [0.25, 0.3) is 5.91 Å². The highest BCUT2D eigenvalue weighted by molar-refractivity contribution is 7.91. The van der Waals surface area contributed by atoms with Gasteiger partial charge in [-0.2, -0.15) is 4.31 Å². The van der Waals surface area contributed by atoms with E-state index in [4.69, 9.17) is 0 Å². The normalized spacial score (nSPS) is 22.2. The lowest BCUT2D eigenvalue weighted by molar-refractivity contribution is 0.0766. The molecule has 2 aromatic carbocycles. The number of sulfone groups is 1. The number of carbonyl (C=O) groups is 1. The standard InChI is InChI=1S/C23H28N2O5S2/c26-23(20-9-11-21(12-10-20)32(29,30)25-14-5-2-6-15-25)24-16-13-22(31(27,28)18-17-24)19-7-3-1-4-8-19/h1,3-4,7-12,22H,2,5-6,13-18H2. The lowest BCUT2D eigenvalue weighted by Crippen LogP contribution is -2.35. The highest BCUT2D eigenvalue weighted by Crippen LogP contribution is 2.30. The van der Waals surface area contributed by atoms with Crippen molar-refractivity contribution in [3.63, 3.8) is 0 Å². The number of rotatable bonds is 4. The van der Waals surface area contributed by atoms with Gasteiger partial charge in [-0.05, 0) is 49.1 Å². The predicted octanol–water partition coefficient (Wildman–Crippen LogP) is 2.86. The zero-order chi connectivity index (χ0) is 22.8. The molecule has 9 heteroatoms. The van der Waals surface area contributed by atoms with Gasteiger partial charge in [0, 0.05) is 31.7 Å². The molecule has 0 aromatic heterocycles. The Morgan fingerprint density at radius 1 is 0.844 bits per heavy atom. The Morgan fingerprint density at radius 2 is 1.50 bits per heavy atom. The molecule has 0 aliphatic carbocycles.